The highest BCUT2D eigenvalue weighted by molar-refractivity contribution is 7.99. The van der Waals surface area contributed by atoms with Crippen LogP contribution in [0.25, 0.3) is 0 Å². The number of carbonyl (C=O) groups is 1. The van der Waals surface area contributed by atoms with Crippen molar-refractivity contribution in [2.24, 2.45) is 0 Å². The molecule has 2 rings (SSSR count). The predicted octanol–water partition coefficient (Wildman–Crippen LogP) is 4.60. The maximum absolute atomic E-state index is 11.0. The number of thioether (sulfide) groups is 1. The average Bonchev–Trinajstić information content (AvgIpc) is 2.49. The van der Waals surface area contributed by atoms with Gasteiger partial charge in [-0.15, -0.1) is 11.8 Å². The van der Waals surface area contributed by atoms with Crippen molar-refractivity contribution in [2.75, 3.05) is 12.4 Å². The summed E-state index contributed by atoms with van der Waals surface area (Å²) in [5.41, 5.74) is 0.191. The number of halogens is 1. The highest BCUT2D eigenvalue weighted by atomic mass is 35.5. The Kier molecular flexibility index (Phi) is 5.96. The van der Waals surface area contributed by atoms with Crippen LogP contribution in [-0.2, 0) is 0 Å². The average molecular weight is 323 g/mol. The molecule has 0 saturated heterocycles. The molecule has 0 unspecified atom stereocenters. The number of benzene rings is 2. The van der Waals surface area contributed by atoms with Crippen LogP contribution in [-0.4, -0.2) is 23.4 Å². The molecule has 0 saturated carbocycles. The summed E-state index contributed by atoms with van der Waals surface area (Å²) in [6.07, 6.45) is 0.809. The largest absolute Gasteiger partial charge is 0.493 e. The zero-order valence-corrected chi connectivity index (χ0v) is 12.9. The third-order valence-corrected chi connectivity index (χ3v) is 4.36. The highest BCUT2D eigenvalue weighted by Crippen LogP contribution is 2.27. The Morgan fingerprint density at radius 1 is 1.14 bits per heavy atom. The van der Waals surface area contributed by atoms with Crippen molar-refractivity contribution in [3.63, 3.8) is 0 Å². The lowest BCUT2D eigenvalue weighted by atomic mass is 10.2. The van der Waals surface area contributed by atoms with E-state index < -0.39 is 5.97 Å². The van der Waals surface area contributed by atoms with Crippen molar-refractivity contribution >= 4 is 29.3 Å². The minimum atomic E-state index is -0.976. The summed E-state index contributed by atoms with van der Waals surface area (Å²) >= 11 is 7.74. The van der Waals surface area contributed by atoms with E-state index in [0.29, 0.717) is 12.4 Å². The van der Waals surface area contributed by atoms with Gasteiger partial charge in [-0.3, -0.25) is 0 Å². The molecule has 0 aliphatic rings. The molecule has 110 valence electrons. The van der Waals surface area contributed by atoms with Gasteiger partial charge in [-0.25, -0.2) is 4.79 Å². The van der Waals surface area contributed by atoms with E-state index >= 15 is 0 Å². The Morgan fingerprint density at radius 2 is 1.86 bits per heavy atom. The number of hydrogen-bond donors (Lipinski definition) is 1. The molecular formula is C16H15ClO3S. The lowest BCUT2D eigenvalue weighted by Crippen LogP contribution is -2.04. The van der Waals surface area contributed by atoms with Crippen molar-refractivity contribution in [3.05, 3.63) is 59.1 Å². The maximum Gasteiger partial charge on any atom is 0.339 e. The number of carboxylic acids is 1. The second-order valence-corrected chi connectivity index (χ2v) is 5.83. The lowest BCUT2D eigenvalue weighted by molar-refractivity contribution is 0.0692. The van der Waals surface area contributed by atoms with Gasteiger partial charge in [-0.05, 0) is 30.7 Å². The number of para-hydroxylation sites is 1. The van der Waals surface area contributed by atoms with Crippen LogP contribution in [0.4, 0.5) is 0 Å². The van der Waals surface area contributed by atoms with Gasteiger partial charge in [0.15, 0.2) is 0 Å². The molecule has 0 radical (unpaired) electrons. The Morgan fingerprint density at radius 3 is 2.62 bits per heavy atom. The molecule has 0 fully saturated rings. The number of aromatic carboxylic acids is 1. The van der Waals surface area contributed by atoms with Gasteiger partial charge >= 0.3 is 5.97 Å². The molecule has 1 N–H and O–H groups in total. The van der Waals surface area contributed by atoms with Gasteiger partial charge in [0, 0.05) is 10.6 Å². The molecular weight excluding hydrogens is 308 g/mol. The van der Waals surface area contributed by atoms with Crippen LogP contribution in [0.2, 0.25) is 5.02 Å². The van der Waals surface area contributed by atoms with Gasteiger partial charge in [0.25, 0.3) is 0 Å². The molecule has 0 spiro atoms. The monoisotopic (exact) mass is 322 g/mol. The van der Waals surface area contributed by atoms with Crippen molar-refractivity contribution in [3.8, 4) is 5.75 Å². The van der Waals surface area contributed by atoms with Crippen LogP contribution in [0.3, 0.4) is 0 Å². The van der Waals surface area contributed by atoms with Crippen LogP contribution in [0, 0.1) is 0 Å². The number of ether oxygens (including phenoxy) is 1. The van der Waals surface area contributed by atoms with Gasteiger partial charge in [-0.1, -0.05) is 35.9 Å². The van der Waals surface area contributed by atoms with Gasteiger partial charge in [0.2, 0.25) is 0 Å². The first kappa shape index (κ1) is 15.7. The van der Waals surface area contributed by atoms with Crippen LogP contribution in [0.15, 0.2) is 53.4 Å². The van der Waals surface area contributed by atoms with E-state index in [0.717, 1.165) is 22.1 Å². The SMILES string of the molecule is O=C(O)c1ccccc1OCCCSc1ccccc1Cl. The second kappa shape index (κ2) is 7.96. The van der Waals surface area contributed by atoms with Gasteiger partial charge in [-0.2, -0.15) is 0 Å². The summed E-state index contributed by atoms with van der Waals surface area (Å²) in [6.45, 7) is 0.474. The molecule has 2 aromatic rings. The van der Waals surface area contributed by atoms with Crippen LogP contribution >= 0.6 is 23.4 Å². The van der Waals surface area contributed by atoms with Gasteiger partial charge in [0.1, 0.15) is 11.3 Å². The second-order valence-electron chi connectivity index (χ2n) is 4.28. The minimum Gasteiger partial charge on any atom is -0.493 e. The topological polar surface area (TPSA) is 46.5 Å². The van der Waals surface area contributed by atoms with Gasteiger partial charge in [0.05, 0.1) is 11.6 Å². The molecule has 0 bridgehead atoms. The van der Waals surface area contributed by atoms with Crippen molar-refractivity contribution in [1.82, 2.24) is 0 Å². The van der Waals surface area contributed by atoms with E-state index in [1.54, 1.807) is 30.0 Å². The fourth-order valence-corrected chi connectivity index (χ4v) is 2.92. The predicted molar refractivity (Wildman–Crippen MR) is 85.7 cm³/mol. The maximum atomic E-state index is 11.0. The first-order valence-electron chi connectivity index (χ1n) is 6.51. The fourth-order valence-electron chi connectivity index (χ4n) is 1.75. The van der Waals surface area contributed by atoms with Crippen molar-refractivity contribution in [2.45, 2.75) is 11.3 Å². The highest BCUT2D eigenvalue weighted by Gasteiger charge is 2.09. The molecule has 0 amide bonds. The molecule has 0 heterocycles. The quantitative estimate of drug-likeness (QED) is 0.598. The summed E-state index contributed by atoms with van der Waals surface area (Å²) in [6, 6.07) is 14.4. The van der Waals surface area contributed by atoms with E-state index in [1.165, 1.54) is 6.07 Å². The summed E-state index contributed by atoms with van der Waals surface area (Å²) in [5.74, 6) is 0.294. The first-order valence-corrected chi connectivity index (χ1v) is 7.87. The van der Waals surface area contributed by atoms with Crippen molar-refractivity contribution in [1.29, 1.82) is 0 Å². The van der Waals surface area contributed by atoms with Crippen LogP contribution in [0.5, 0.6) is 5.75 Å². The molecule has 0 aliphatic heterocycles. The summed E-state index contributed by atoms with van der Waals surface area (Å²) in [4.78, 5) is 12.1. The lowest BCUT2D eigenvalue weighted by Gasteiger charge is -2.09. The van der Waals surface area contributed by atoms with E-state index in [1.807, 2.05) is 24.3 Å². The Labute approximate surface area is 132 Å². The summed E-state index contributed by atoms with van der Waals surface area (Å²) < 4.78 is 5.54. The van der Waals surface area contributed by atoms with E-state index in [2.05, 4.69) is 0 Å². The van der Waals surface area contributed by atoms with Crippen molar-refractivity contribution < 1.29 is 14.6 Å². The zero-order chi connectivity index (χ0) is 15.1. The molecule has 2 aromatic carbocycles. The van der Waals surface area contributed by atoms with E-state index in [9.17, 15) is 4.79 Å². The van der Waals surface area contributed by atoms with Gasteiger partial charge < -0.3 is 9.84 Å². The molecule has 0 aliphatic carbocycles. The summed E-state index contributed by atoms with van der Waals surface area (Å²) in [5, 5.41) is 9.80. The first-order chi connectivity index (χ1) is 10.2. The molecule has 0 aromatic heterocycles. The third-order valence-electron chi connectivity index (χ3n) is 2.76. The Bertz CT molecular complexity index is 616. The number of carboxylic acid groups (broad SMARTS) is 1. The Balaban J connectivity index is 1.78. The number of rotatable bonds is 7. The van der Waals surface area contributed by atoms with Crippen LogP contribution < -0.4 is 4.74 Å². The Hall–Kier alpha value is -1.65. The summed E-state index contributed by atoms with van der Waals surface area (Å²) in [7, 11) is 0. The van der Waals surface area contributed by atoms with E-state index in [4.69, 9.17) is 21.4 Å². The zero-order valence-electron chi connectivity index (χ0n) is 11.3. The smallest absolute Gasteiger partial charge is 0.339 e. The normalized spacial score (nSPS) is 10.3. The van der Waals surface area contributed by atoms with E-state index in [-0.39, 0.29) is 5.56 Å². The molecule has 3 nitrogen and oxygen atoms in total. The third kappa shape index (κ3) is 4.69. The standard InChI is InChI=1S/C16H15ClO3S/c17-13-7-2-4-9-15(13)21-11-5-10-20-14-8-3-1-6-12(14)16(18)19/h1-4,6-9H,5,10-11H2,(H,18,19). The fraction of sp³-hybridized carbons (Fsp3) is 0.188. The number of hydrogen-bond acceptors (Lipinski definition) is 3. The van der Waals surface area contributed by atoms with Crippen LogP contribution in [0.1, 0.15) is 16.8 Å². The molecule has 21 heavy (non-hydrogen) atoms. The molecule has 5 heteroatoms. The molecule has 0 atom stereocenters. The minimum absolute atomic E-state index is 0.191.